The van der Waals surface area contributed by atoms with Gasteiger partial charge in [0, 0.05) is 44.9 Å². The highest BCUT2D eigenvalue weighted by Crippen LogP contribution is 2.32. The number of nitrogens with zero attached hydrogens (tertiary/aromatic N) is 1. The van der Waals surface area contributed by atoms with Gasteiger partial charge in [-0.15, -0.1) is 0 Å². The largest absolute Gasteiger partial charge is 0.385 e. The van der Waals surface area contributed by atoms with E-state index in [9.17, 15) is 0 Å². The molecule has 0 aromatic carbocycles. The zero-order valence-corrected chi connectivity index (χ0v) is 12.9. The topological polar surface area (TPSA) is 24.5 Å². The Bertz CT molecular complexity index is 251. The van der Waals surface area contributed by atoms with Crippen LogP contribution in [-0.4, -0.2) is 49.8 Å². The lowest BCUT2D eigenvalue weighted by Gasteiger charge is -2.50. The van der Waals surface area contributed by atoms with Gasteiger partial charge in [0.25, 0.3) is 0 Å². The van der Waals surface area contributed by atoms with Crippen LogP contribution in [0.15, 0.2) is 0 Å². The van der Waals surface area contributed by atoms with E-state index in [0.29, 0.717) is 5.54 Å². The van der Waals surface area contributed by atoms with Crippen molar-refractivity contribution in [1.82, 2.24) is 10.2 Å². The van der Waals surface area contributed by atoms with E-state index in [1.807, 2.05) is 7.11 Å². The first kappa shape index (κ1) is 15.3. The minimum Gasteiger partial charge on any atom is -0.385 e. The Kier molecular flexibility index (Phi) is 6.11. The molecule has 0 aromatic heterocycles. The maximum atomic E-state index is 5.22. The van der Waals surface area contributed by atoms with E-state index in [4.69, 9.17) is 4.74 Å². The van der Waals surface area contributed by atoms with Crippen molar-refractivity contribution in [2.75, 3.05) is 33.4 Å². The molecule has 3 nitrogen and oxygen atoms in total. The van der Waals surface area contributed by atoms with Gasteiger partial charge in [-0.25, -0.2) is 0 Å². The number of ether oxygens (including phenoxy) is 1. The van der Waals surface area contributed by atoms with E-state index >= 15 is 0 Å². The number of nitrogens with one attached hydrogen (secondary N) is 1. The summed E-state index contributed by atoms with van der Waals surface area (Å²) in [5.74, 6) is 0. The van der Waals surface area contributed by atoms with Gasteiger partial charge in [0.2, 0.25) is 0 Å². The molecule has 1 saturated carbocycles. The standard InChI is InChI=1S/C16H32N2O/c1-3-8-15-13-17-16(9-5-4-6-10-16)14-18(15)11-7-12-19-2/h15,17H,3-14H2,1-2H3. The molecule has 3 heteroatoms. The van der Waals surface area contributed by atoms with Crippen LogP contribution in [0.4, 0.5) is 0 Å². The minimum atomic E-state index is 0.440. The molecule has 2 rings (SSSR count). The Morgan fingerprint density at radius 1 is 1.26 bits per heavy atom. The Balaban J connectivity index is 1.91. The predicted octanol–water partition coefficient (Wildman–Crippen LogP) is 2.80. The van der Waals surface area contributed by atoms with Crippen LogP contribution in [0.2, 0.25) is 0 Å². The van der Waals surface area contributed by atoms with Crippen molar-refractivity contribution in [1.29, 1.82) is 0 Å². The molecule has 0 amide bonds. The molecular formula is C16H32N2O. The summed E-state index contributed by atoms with van der Waals surface area (Å²) in [7, 11) is 1.81. The maximum Gasteiger partial charge on any atom is 0.0474 e. The highest BCUT2D eigenvalue weighted by Gasteiger charge is 2.39. The number of piperazine rings is 1. The third kappa shape index (κ3) is 4.17. The van der Waals surface area contributed by atoms with Crippen molar-refractivity contribution < 1.29 is 4.74 Å². The zero-order chi connectivity index (χ0) is 13.6. The normalized spacial score (nSPS) is 27.8. The van der Waals surface area contributed by atoms with Gasteiger partial charge < -0.3 is 10.1 Å². The predicted molar refractivity (Wildman–Crippen MR) is 80.6 cm³/mol. The van der Waals surface area contributed by atoms with Crippen LogP contribution in [0.25, 0.3) is 0 Å². The van der Waals surface area contributed by atoms with E-state index in [-0.39, 0.29) is 0 Å². The first-order valence-corrected chi connectivity index (χ1v) is 8.28. The summed E-state index contributed by atoms with van der Waals surface area (Å²) in [4.78, 5) is 2.75. The molecule has 1 saturated heterocycles. The maximum absolute atomic E-state index is 5.22. The molecule has 0 aromatic rings. The highest BCUT2D eigenvalue weighted by molar-refractivity contribution is 4.99. The van der Waals surface area contributed by atoms with E-state index in [1.54, 1.807) is 0 Å². The number of methoxy groups -OCH3 is 1. The zero-order valence-electron chi connectivity index (χ0n) is 12.9. The molecule has 1 atom stereocenters. The van der Waals surface area contributed by atoms with Gasteiger partial charge in [0.05, 0.1) is 0 Å². The van der Waals surface area contributed by atoms with Gasteiger partial charge in [-0.3, -0.25) is 4.90 Å². The molecular weight excluding hydrogens is 236 g/mol. The monoisotopic (exact) mass is 268 g/mol. The summed E-state index contributed by atoms with van der Waals surface area (Å²) in [5.41, 5.74) is 0.440. The van der Waals surface area contributed by atoms with Gasteiger partial charge in [0.1, 0.15) is 0 Å². The third-order valence-corrected chi connectivity index (χ3v) is 4.96. The molecule has 19 heavy (non-hydrogen) atoms. The minimum absolute atomic E-state index is 0.440. The molecule has 2 aliphatic rings. The fourth-order valence-corrected chi connectivity index (χ4v) is 3.89. The number of rotatable bonds is 6. The van der Waals surface area contributed by atoms with Crippen LogP contribution in [0, 0.1) is 0 Å². The second-order valence-electron chi connectivity index (χ2n) is 6.48. The summed E-state index contributed by atoms with van der Waals surface area (Å²) in [5, 5.41) is 3.92. The Labute approximate surface area is 119 Å². The van der Waals surface area contributed by atoms with Crippen molar-refractivity contribution >= 4 is 0 Å². The van der Waals surface area contributed by atoms with E-state index in [2.05, 4.69) is 17.1 Å². The summed E-state index contributed by atoms with van der Waals surface area (Å²) < 4.78 is 5.22. The molecule has 1 aliphatic carbocycles. The molecule has 1 spiro atoms. The molecule has 0 radical (unpaired) electrons. The van der Waals surface area contributed by atoms with E-state index in [1.165, 1.54) is 71.0 Å². The SMILES string of the molecule is CCCC1CNC2(CCCCC2)CN1CCCOC. The van der Waals surface area contributed by atoms with Gasteiger partial charge in [-0.2, -0.15) is 0 Å². The molecule has 1 unspecified atom stereocenters. The van der Waals surface area contributed by atoms with Crippen molar-refractivity contribution in [2.24, 2.45) is 0 Å². The Hall–Kier alpha value is -0.120. The molecule has 2 fully saturated rings. The second-order valence-corrected chi connectivity index (χ2v) is 6.48. The summed E-state index contributed by atoms with van der Waals surface area (Å²) >= 11 is 0. The molecule has 1 N–H and O–H groups in total. The second kappa shape index (κ2) is 7.61. The van der Waals surface area contributed by atoms with Gasteiger partial charge >= 0.3 is 0 Å². The van der Waals surface area contributed by atoms with Gasteiger partial charge in [0.15, 0.2) is 0 Å². The third-order valence-electron chi connectivity index (χ3n) is 4.96. The molecule has 1 heterocycles. The van der Waals surface area contributed by atoms with Crippen LogP contribution < -0.4 is 5.32 Å². The lowest BCUT2D eigenvalue weighted by Crippen LogP contribution is -2.64. The average molecular weight is 268 g/mol. The quantitative estimate of drug-likeness (QED) is 0.750. The summed E-state index contributed by atoms with van der Waals surface area (Å²) in [6.07, 6.45) is 10.8. The van der Waals surface area contributed by atoms with Crippen molar-refractivity contribution in [3.63, 3.8) is 0 Å². The molecule has 0 bridgehead atoms. The first-order chi connectivity index (χ1) is 9.29. The summed E-state index contributed by atoms with van der Waals surface area (Å²) in [6.45, 7) is 6.87. The Morgan fingerprint density at radius 3 is 2.74 bits per heavy atom. The first-order valence-electron chi connectivity index (χ1n) is 8.28. The fourth-order valence-electron chi connectivity index (χ4n) is 3.89. The van der Waals surface area contributed by atoms with Gasteiger partial charge in [-0.05, 0) is 25.7 Å². The van der Waals surface area contributed by atoms with Crippen LogP contribution >= 0.6 is 0 Å². The van der Waals surface area contributed by atoms with E-state index in [0.717, 1.165) is 12.6 Å². The summed E-state index contributed by atoms with van der Waals surface area (Å²) in [6, 6.07) is 0.745. The van der Waals surface area contributed by atoms with Crippen LogP contribution in [-0.2, 0) is 4.74 Å². The van der Waals surface area contributed by atoms with Crippen molar-refractivity contribution in [3.05, 3.63) is 0 Å². The van der Waals surface area contributed by atoms with Crippen molar-refractivity contribution in [3.8, 4) is 0 Å². The lowest BCUT2D eigenvalue weighted by atomic mass is 9.79. The van der Waals surface area contributed by atoms with Crippen molar-refractivity contribution in [2.45, 2.75) is 69.9 Å². The van der Waals surface area contributed by atoms with Crippen LogP contribution in [0.1, 0.15) is 58.3 Å². The smallest absolute Gasteiger partial charge is 0.0474 e. The molecule has 112 valence electrons. The average Bonchev–Trinajstić information content (AvgIpc) is 2.43. The molecule has 1 aliphatic heterocycles. The highest BCUT2D eigenvalue weighted by atomic mass is 16.5. The fraction of sp³-hybridized carbons (Fsp3) is 1.00. The van der Waals surface area contributed by atoms with Crippen LogP contribution in [0.5, 0.6) is 0 Å². The Morgan fingerprint density at radius 2 is 2.05 bits per heavy atom. The number of hydrogen-bond donors (Lipinski definition) is 1. The number of hydrogen-bond acceptors (Lipinski definition) is 3. The van der Waals surface area contributed by atoms with E-state index < -0.39 is 0 Å². The van der Waals surface area contributed by atoms with Crippen LogP contribution in [0.3, 0.4) is 0 Å². The lowest BCUT2D eigenvalue weighted by molar-refractivity contribution is 0.0452. The van der Waals surface area contributed by atoms with Gasteiger partial charge in [-0.1, -0.05) is 32.6 Å².